The summed E-state index contributed by atoms with van der Waals surface area (Å²) < 4.78 is 20.0. The van der Waals surface area contributed by atoms with Crippen molar-refractivity contribution in [1.29, 1.82) is 0 Å². The van der Waals surface area contributed by atoms with Crippen molar-refractivity contribution in [3.8, 4) is 11.4 Å². The van der Waals surface area contributed by atoms with E-state index in [9.17, 15) is 14.0 Å². The zero-order valence-electron chi connectivity index (χ0n) is 15.8. The molecule has 1 aliphatic rings. The van der Waals surface area contributed by atoms with Gasteiger partial charge < -0.3 is 9.64 Å². The normalized spacial score (nSPS) is 14.7. The third kappa shape index (κ3) is 4.21. The van der Waals surface area contributed by atoms with Crippen molar-refractivity contribution in [3.05, 3.63) is 76.7 Å². The fourth-order valence-electron chi connectivity index (χ4n) is 3.56. The van der Waals surface area contributed by atoms with Crippen molar-refractivity contribution in [2.75, 3.05) is 19.7 Å². The van der Waals surface area contributed by atoms with Gasteiger partial charge in [-0.05, 0) is 49.2 Å². The molecule has 0 atom stereocenters. The van der Waals surface area contributed by atoms with E-state index in [0.717, 1.165) is 5.69 Å². The van der Waals surface area contributed by atoms with Crippen LogP contribution in [0.15, 0.2) is 59.4 Å². The minimum Gasteiger partial charge on any atom is -0.484 e. The van der Waals surface area contributed by atoms with E-state index in [-0.39, 0.29) is 29.9 Å². The number of ether oxygens (including phenoxy) is 1. The monoisotopic (exact) mass is 396 g/mol. The number of hydrogen-bond donors (Lipinski definition) is 1. The third-order valence-corrected chi connectivity index (χ3v) is 5.10. The number of halogens is 1. The number of nitrogens with one attached hydrogen (secondary N) is 1. The van der Waals surface area contributed by atoms with Crippen molar-refractivity contribution >= 4 is 5.91 Å². The largest absolute Gasteiger partial charge is 0.484 e. The Bertz CT molecular complexity index is 1020. The van der Waals surface area contributed by atoms with Crippen LogP contribution in [0.1, 0.15) is 24.6 Å². The molecule has 2 heterocycles. The van der Waals surface area contributed by atoms with Gasteiger partial charge in [-0.15, -0.1) is 0 Å². The summed E-state index contributed by atoms with van der Waals surface area (Å²) in [5, 5.41) is 6.78. The van der Waals surface area contributed by atoms with Crippen LogP contribution in [0.25, 0.3) is 5.69 Å². The number of likely N-dealkylation sites (tertiary alicyclic amines) is 1. The summed E-state index contributed by atoms with van der Waals surface area (Å²) in [4.78, 5) is 26.4. The second-order valence-corrected chi connectivity index (χ2v) is 6.96. The Kier molecular flexibility index (Phi) is 5.41. The Labute approximate surface area is 166 Å². The van der Waals surface area contributed by atoms with Crippen LogP contribution in [-0.2, 0) is 4.79 Å². The van der Waals surface area contributed by atoms with Crippen molar-refractivity contribution in [3.63, 3.8) is 0 Å². The SMILES string of the molecule is O=C(COc1ccc(F)cc1)N1CCC(c2n[nH]c(=O)n2-c2ccccc2)CC1. The van der Waals surface area contributed by atoms with E-state index in [4.69, 9.17) is 4.74 Å². The molecule has 0 saturated carbocycles. The molecule has 4 rings (SSSR count). The van der Waals surface area contributed by atoms with Gasteiger partial charge in [0, 0.05) is 19.0 Å². The fraction of sp³-hybridized carbons (Fsp3) is 0.286. The number of aromatic amines is 1. The summed E-state index contributed by atoms with van der Waals surface area (Å²) in [6.45, 7) is 1.03. The van der Waals surface area contributed by atoms with E-state index in [1.807, 2.05) is 30.3 Å². The predicted octanol–water partition coefficient (Wildman–Crippen LogP) is 2.48. The Balaban J connectivity index is 1.37. The number of nitrogens with zero attached hydrogens (tertiary/aromatic N) is 3. The molecule has 29 heavy (non-hydrogen) atoms. The van der Waals surface area contributed by atoms with E-state index in [1.54, 1.807) is 9.47 Å². The summed E-state index contributed by atoms with van der Waals surface area (Å²) in [6, 6.07) is 15.0. The first-order valence-corrected chi connectivity index (χ1v) is 9.50. The Hall–Kier alpha value is -3.42. The maximum absolute atomic E-state index is 12.9. The van der Waals surface area contributed by atoms with Gasteiger partial charge in [-0.25, -0.2) is 18.9 Å². The molecule has 1 amide bonds. The zero-order valence-corrected chi connectivity index (χ0v) is 15.8. The number of amides is 1. The second-order valence-electron chi connectivity index (χ2n) is 6.96. The van der Waals surface area contributed by atoms with Gasteiger partial charge >= 0.3 is 5.69 Å². The number of carbonyl (C=O) groups is 1. The number of aromatic nitrogens is 3. The van der Waals surface area contributed by atoms with Crippen LogP contribution in [-0.4, -0.2) is 45.3 Å². The van der Waals surface area contributed by atoms with Gasteiger partial charge in [-0.1, -0.05) is 18.2 Å². The van der Waals surface area contributed by atoms with Crippen molar-refractivity contribution in [2.45, 2.75) is 18.8 Å². The number of benzene rings is 2. The molecule has 0 radical (unpaired) electrons. The molecule has 1 aromatic heterocycles. The number of rotatable bonds is 5. The van der Waals surface area contributed by atoms with Crippen LogP contribution in [0.5, 0.6) is 5.75 Å². The van der Waals surface area contributed by atoms with Gasteiger partial charge in [0.15, 0.2) is 6.61 Å². The predicted molar refractivity (Wildman–Crippen MR) is 105 cm³/mol. The molecule has 3 aromatic rings. The zero-order chi connectivity index (χ0) is 20.2. The molecule has 1 fully saturated rings. The summed E-state index contributed by atoms with van der Waals surface area (Å²) in [6.07, 6.45) is 1.42. The number of piperidine rings is 1. The van der Waals surface area contributed by atoms with Crippen LogP contribution in [0.2, 0.25) is 0 Å². The molecule has 150 valence electrons. The number of H-pyrrole nitrogens is 1. The van der Waals surface area contributed by atoms with Gasteiger partial charge in [0.05, 0.1) is 5.69 Å². The standard InChI is InChI=1S/C21H21FN4O3/c22-16-6-8-18(9-7-16)29-14-19(27)25-12-10-15(11-13-25)20-23-24-21(28)26(20)17-4-2-1-3-5-17/h1-9,15H,10-14H2,(H,24,28). The molecule has 0 spiro atoms. The smallest absolute Gasteiger partial charge is 0.347 e. The fourth-order valence-corrected chi connectivity index (χ4v) is 3.56. The van der Waals surface area contributed by atoms with Crippen LogP contribution < -0.4 is 10.4 Å². The quantitative estimate of drug-likeness (QED) is 0.719. The highest BCUT2D eigenvalue weighted by Gasteiger charge is 2.28. The molecule has 0 unspecified atom stereocenters. The van der Waals surface area contributed by atoms with Gasteiger partial charge in [-0.2, -0.15) is 5.10 Å². The molecule has 1 aliphatic heterocycles. The number of hydrogen-bond acceptors (Lipinski definition) is 4. The lowest BCUT2D eigenvalue weighted by atomic mass is 9.95. The lowest BCUT2D eigenvalue weighted by molar-refractivity contribution is -0.134. The molecule has 7 nitrogen and oxygen atoms in total. The minimum absolute atomic E-state index is 0.0798. The Morgan fingerprint density at radius 2 is 1.79 bits per heavy atom. The van der Waals surface area contributed by atoms with Crippen LogP contribution in [0.4, 0.5) is 4.39 Å². The summed E-state index contributed by atoms with van der Waals surface area (Å²) >= 11 is 0. The second kappa shape index (κ2) is 8.30. The van der Waals surface area contributed by atoms with E-state index < -0.39 is 0 Å². The Morgan fingerprint density at radius 3 is 2.48 bits per heavy atom. The maximum Gasteiger partial charge on any atom is 0.347 e. The Morgan fingerprint density at radius 1 is 1.10 bits per heavy atom. The molecule has 1 saturated heterocycles. The van der Waals surface area contributed by atoms with Crippen LogP contribution >= 0.6 is 0 Å². The average molecular weight is 396 g/mol. The first-order chi connectivity index (χ1) is 14.1. The van der Waals surface area contributed by atoms with Gasteiger partial charge in [0.1, 0.15) is 17.4 Å². The highest BCUT2D eigenvalue weighted by Crippen LogP contribution is 2.27. The molecule has 0 aliphatic carbocycles. The first-order valence-electron chi connectivity index (χ1n) is 9.50. The topological polar surface area (TPSA) is 80.2 Å². The molecular weight excluding hydrogens is 375 g/mol. The summed E-state index contributed by atoms with van der Waals surface area (Å²) in [5.74, 6) is 0.762. The maximum atomic E-state index is 12.9. The van der Waals surface area contributed by atoms with Crippen molar-refractivity contribution in [1.82, 2.24) is 19.7 Å². The van der Waals surface area contributed by atoms with E-state index in [0.29, 0.717) is 37.5 Å². The van der Waals surface area contributed by atoms with Crippen LogP contribution in [0, 0.1) is 5.82 Å². The van der Waals surface area contributed by atoms with Gasteiger partial charge in [0.25, 0.3) is 5.91 Å². The van der Waals surface area contributed by atoms with Gasteiger partial charge in [-0.3, -0.25) is 4.79 Å². The molecular formula is C21H21FN4O3. The molecule has 2 aromatic carbocycles. The van der Waals surface area contributed by atoms with Crippen molar-refractivity contribution < 1.29 is 13.9 Å². The summed E-state index contributed by atoms with van der Waals surface area (Å²) in [5.41, 5.74) is 0.504. The first kappa shape index (κ1) is 18.9. The molecule has 0 bridgehead atoms. The summed E-state index contributed by atoms with van der Waals surface area (Å²) in [7, 11) is 0. The third-order valence-electron chi connectivity index (χ3n) is 5.10. The van der Waals surface area contributed by atoms with Crippen molar-refractivity contribution in [2.24, 2.45) is 0 Å². The molecule has 8 heteroatoms. The number of carbonyl (C=O) groups excluding carboxylic acids is 1. The van der Waals surface area contributed by atoms with E-state index >= 15 is 0 Å². The molecule has 1 N–H and O–H groups in total. The van der Waals surface area contributed by atoms with Crippen LogP contribution in [0.3, 0.4) is 0 Å². The highest BCUT2D eigenvalue weighted by atomic mass is 19.1. The van der Waals surface area contributed by atoms with Gasteiger partial charge in [0.2, 0.25) is 0 Å². The number of para-hydroxylation sites is 1. The lowest BCUT2D eigenvalue weighted by Crippen LogP contribution is -2.41. The lowest BCUT2D eigenvalue weighted by Gasteiger charge is -2.31. The van der Waals surface area contributed by atoms with E-state index in [1.165, 1.54) is 24.3 Å². The highest BCUT2D eigenvalue weighted by molar-refractivity contribution is 5.77. The average Bonchev–Trinajstić information content (AvgIpc) is 3.15. The minimum atomic E-state index is -0.349. The van der Waals surface area contributed by atoms with E-state index in [2.05, 4.69) is 10.2 Å².